The lowest BCUT2D eigenvalue weighted by Crippen LogP contribution is -2.17. The molecule has 0 saturated heterocycles. The summed E-state index contributed by atoms with van der Waals surface area (Å²) >= 11 is 3.45. The predicted molar refractivity (Wildman–Crippen MR) is 99.9 cm³/mol. The Bertz CT molecular complexity index is 447. The van der Waals surface area contributed by atoms with Crippen LogP contribution in [0, 0.1) is 0 Å². The Balaban J connectivity index is 2.16. The van der Waals surface area contributed by atoms with Crippen LogP contribution < -0.4 is 4.74 Å². The summed E-state index contributed by atoms with van der Waals surface area (Å²) in [6.07, 6.45) is 7.08. The van der Waals surface area contributed by atoms with Gasteiger partial charge in [0.2, 0.25) is 0 Å². The quantitative estimate of drug-likeness (QED) is 0.194. The van der Waals surface area contributed by atoms with Gasteiger partial charge in [-0.3, -0.25) is 0 Å². The van der Waals surface area contributed by atoms with Gasteiger partial charge in [0.05, 0.1) is 18.8 Å². The first-order valence-electron chi connectivity index (χ1n) is 8.78. The molecule has 0 heterocycles. The first-order valence-corrected chi connectivity index (χ1v) is 9.91. The number of alkyl halides is 1. The lowest BCUT2D eigenvalue weighted by Gasteiger charge is -2.15. The van der Waals surface area contributed by atoms with Gasteiger partial charge in [-0.2, -0.15) is 0 Å². The highest BCUT2D eigenvalue weighted by atomic mass is 79.9. The van der Waals surface area contributed by atoms with Gasteiger partial charge in [-0.25, -0.2) is 4.79 Å². The fourth-order valence-corrected chi connectivity index (χ4v) is 2.66. The van der Waals surface area contributed by atoms with Crippen molar-refractivity contribution in [2.75, 3.05) is 18.5 Å². The van der Waals surface area contributed by atoms with Crippen molar-refractivity contribution in [2.45, 2.75) is 58.7 Å². The Morgan fingerprint density at radius 1 is 1.04 bits per heavy atom. The molecule has 0 bridgehead atoms. The molecule has 0 radical (unpaired) electrons. The topological polar surface area (TPSA) is 44.8 Å². The van der Waals surface area contributed by atoms with Gasteiger partial charge in [0.25, 0.3) is 0 Å². The summed E-state index contributed by atoms with van der Waals surface area (Å²) in [5, 5.41) is 1.10. The second kappa shape index (κ2) is 13.2. The zero-order valence-electron chi connectivity index (χ0n) is 14.8. The molecule has 0 fully saturated rings. The summed E-state index contributed by atoms with van der Waals surface area (Å²) in [4.78, 5) is 11.6. The number of rotatable bonds is 13. The van der Waals surface area contributed by atoms with Crippen molar-refractivity contribution in [1.29, 1.82) is 0 Å². The average molecular weight is 401 g/mol. The van der Waals surface area contributed by atoms with Crippen LogP contribution in [0.3, 0.4) is 0 Å². The van der Waals surface area contributed by atoms with E-state index < -0.39 is 0 Å². The van der Waals surface area contributed by atoms with Crippen LogP contribution in [-0.2, 0) is 9.47 Å². The molecule has 0 aliphatic carbocycles. The smallest absolute Gasteiger partial charge is 0.338 e. The van der Waals surface area contributed by atoms with Gasteiger partial charge in [-0.15, -0.1) is 0 Å². The standard InChI is InChI=1S/C19H29BrO4/c1-3-22-19(21)17-10-12-18(13-11-17)24-16(2)23-15-9-7-5-4-6-8-14-20/h10-13,16H,3-9,14-15H2,1-2H3. The van der Waals surface area contributed by atoms with E-state index in [1.54, 1.807) is 31.2 Å². The highest BCUT2D eigenvalue weighted by Crippen LogP contribution is 2.15. The molecule has 1 aromatic carbocycles. The molecular formula is C19H29BrO4. The third kappa shape index (κ3) is 9.28. The van der Waals surface area contributed by atoms with Crippen LogP contribution in [0.1, 0.15) is 62.7 Å². The average Bonchev–Trinajstić information content (AvgIpc) is 2.58. The second-order valence-corrected chi connectivity index (χ2v) is 6.40. The molecule has 0 spiro atoms. The summed E-state index contributed by atoms with van der Waals surface area (Å²) in [5.41, 5.74) is 0.526. The largest absolute Gasteiger partial charge is 0.465 e. The molecule has 0 amide bonds. The fraction of sp³-hybridized carbons (Fsp3) is 0.632. The Kier molecular flexibility index (Phi) is 11.6. The monoisotopic (exact) mass is 400 g/mol. The van der Waals surface area contributed by atoms with E-state index in [2.05, 4.69) is 15.9 Å². The highest BCUT2D eigenvalue weighted by Gasteiger charge is 2.08. The summed E-state index contributed by atoms with van der Waals surface area (Å²) in [5.74, 6) is 0.370. The molecule has 0 aromatic heterocycles. The Hall–Kier alpha value is -1.07. The van der Waals surface area contributed by atoms with Crippen molar-refractivity contribution in [3.8, 4) is 5.75 Å². The molecular weight excluding hydrogens is 372 g/mol. The number of ether oxygens (including phenoxy) is 3. The Morgan fingerprint density at radius 3 is 2.29 bits per heavy atom. The van der Waals surface area contributed by atoms with Gasteiger partial charge in [0.15, 0.2) is 6.29 Å². The van der Waals surface area contributed by atoms with E-state index in [1.165, 1.54) is 32.1 Å². The van der Waals surface area contributed by atoms with E-state index in [4.69, 9.17) is 14.2 Å². The maximum atomic E-state index is 11.6. The number of esters is 1. The molecule has 0 aliphatic rings. The first kappa shape index (κ1) is 21.0. The van der Waals surface area contributed by atoms with E-state index in [0.29, 0.717) is 24.5 Å². The lowest BCUT2D eigenvalue weighted by atomic mass is 10.1. The van der Waals surface area contributed by atoms with Crippen molar-refractivity contribution < 1.29 is 19.0 Å². The van der Waals surface area contributed by atoms with Gasteiger partial charge in [0.1, 0.15) is 5.75 Å². The molecule has 1 rings (SSSR count). The van der Waals surface area contributed by atoms with Crippen LogP contribution >= 0.6 is 15.9 Å². The SMILES string of the molecule is CCOC(=O)c1ccc(OC(C)OCCCCCCCCBr)cc1. The molecule has 24 heavy (non-hydrogen) atoms. The third-order valence-electron chi connectivity index (χ3n) is 3.55. The zero-order chi connectivity index (χ0) is 17.6. The van der Waals surface area contributed by atoms with Crippen molar-refractivity contribution in [3.63, 3.8) is 0 Å². The van der Waals surface area contributed by atoms with Crippen molar-refractivity contribution in [1.82, 2.24) is 0 Å². The third-order valence-corrected chi connectivity index (χ3v) is 4.11. The van der Waals surface area contributed by atoms with Crippen molar-refractivity contribution >= 4 is 21.9 Å². The summed E-state index contributed by atoms with van der Waals surface area (Å²) in [6, 6.07) is 6.92. The number of benzene rings is 1. The molecule has 0 saturated carbocycles. The van der Waals surface area contributed by atoms with E-state index >= 15 is 0 Å². The molecule has 136 valence electrons. The molecule has 0 N–H and O–H groups in total. The molecule has 5 heteroatoms. The Morgan fingerprint density at radius 2 is 1.67 bits per heavy atom. The normalized spacial score (nSPS) is 12.0. The van der Waals surface area contributed by atoms with Gasteiger partial charge >= 0.3 is 5.97 Å². The van der Waals surface area contributed by atoms with Crippen LogP contribution in [0.5, 0.6) is 5.75 Å². The predicted octanol–water partition coefficient (Wildman–Crippen LogP) is 5.34. The maximum Gasteiger partial charge on any atom is 0.338 e. The minimum Gasteiger partial charge on any atom is -0.465 e. The number of hydrogen-bond donors (Lipinski definition) is 0. The molecule has 1 unspecified atom stereocenters. The van der Waals surface area contributed by atoms with Crippen LogP contribution in [0.4, 0.5) is 0 Å². The minimum atomic E-state index is -0.315. The van der Waals surface area contributed by atoms with Gasteiger partial charge < -0.3 is 14.2 Å². The van der Waals surface area contributed by atoms with E-state index in [0.717, 1.165) is 11.8 Å². The molecule has 1 aromatic rings. The lowest BCUT2D eigenvalue weighted by molar-refractivity contribution is -0.0677. The molecule has 1 atom stereocenters. The van der Waals surface area contributed by atoms with Crippen LogP contribution in [0.2, 0.25) is 0 Å². The van der Waals surface area contributed by atoms with Gasteiger partial charge in [-0.1, -0.05) is 41.6 Å². The van der Waals surface area contributed by atoms with Gasteiger partial charge in [-0.05, 0) is 51.0 Å². The minimum absolute atomic E-state index is 0.299. The number of unbranched alkanes of at least 4 members (excludes halogenated alkanes) is 5. The van der Waals surface area contributed by atoms with Crippen LogP contribution in [0.25, 0.3) is 0 Å². The van der Waals surface area contributed by atoms with E-state index in [-0.39, 0.29) is 12.3 Å². The fourth-order valence-electron chi connectivity index (χ4n) is 2.26. The van der Waals surface area contributed by atoms with Gasteiger partial charge in [0, 0.05) is 5.33 Å². The van der Waals surface area contributed by atoms with Crippen molar-refractivity contribution in [3.05, 3.63) is 29.8 Å². The van der Waals surface area contributed by atoms with Crippen molar-refractivity contribution in [2.24, 2.45) is 0 Å². The first-order chi connectivity index (χ1) is 11.7. The zero-order valence-corrected chi connectivity index (χ0v) is 16.3. The number of halogens is 1. The summed E-state index contributed by atoms with van der Waals surface area (Å²) in [7, 11) is 0. The second-order valence-electron chi connectivity index (χ2n) is 5.61. The number of carbonyl (C=O) groups excluding carboxylic acids is 1. The molecule has 0 aliphatic heterocycles. The highest BCUT2D eigenvalue weighted by molar-refractivity contribution is 9.09. The maximum absolute atomic E-state index is 11.6. The van der Waals surface area contributed by atoms with E-state index in [9.17, 15) is 4.79 Å². The van der Waals surface area contributed by atoms with E-state index in [1.807, 2.05) is 6.92 Å². The Labute approximate surface area is 154 Å². The number of carbonyl (C=O) groups is 1. The number of hydrogen-bond acceptors (Lipinski definition) is 4. The summed E-state index contributed by atoms with van der Waals surface area (Å²) < 4.78 is 16.3. The summed E-state index contributed by atoms with van der Waals surface area (Å²) in [6.45, 7) is 4.76. The molecule has 4 nitrogen and oxygen atoms in total. The van der Waals surface area contributed by atoms with Crippen LogP contribution in [-0.4, -0.2) is 30.8 Å². The van der Waals surface area contributed by atoms with Crippen LogP contribution in [0.15, 0.2) is 24.3 Å².